The first kappa shape index (κ1) is 12.6. The summed E-state index contributed by atoms with van der Waals surface area (Å²) >= 11 is 0. The molecule has 1 heterocycles. The Morgan fingerprint density at radius 1 is 1.41 bits per heavy atom. The predicted molar refractivity (Wildman–Crippen MR) is 66.5 cm³/mol. The van der Waals surface area contributed by atoms with Crippen LogP contribution < -0.4 is 0 Å². The van der Waals surface area contributed by atoms with E-state index >= 15 is 0 Å². The highest BCUT2D eigenvalue weighted by Crippen LogP contribution is 2.41. The number of nitrogens with zero attached hydrogens (tertiary/aromatic N) is 3. The summed E-state index contributed by atoms with van der Waals surface area (Å²) < 4.78 is 1.82. The molecule has 0 aromatic carbocycles. The molecule has 0 bridgehead atoms. The quantitative estimate of drug-likeness (QED) is 0.854. The average Bonchev–Trinajstić information content (AvgIpc) is 2.64. The lowest BCUT2D eigenvalue weighted by atomic mass is 9.67. The normalized spacial score (nSPS) is 30.5. The second-order valence-electron chi connectivity index (χ2n) is 6.02. The van der Waals surface area contributed by atoms with Gasteiger partial charge in [0, 0.05) is 12.5 Å². The van der Waals surface area contributed by atoms with Gasteiger partial charge in [0.05, 0.1) is 6.10 Å². The van der Waals surface area contributed by atoms with Crippen molar-refractivity contribution in [3.8, 4) is 0 Å². The minimum Gasteiger partial charge on any atom is -0.393 e. The third kappa shape index (κ3) is 2.23. The summed E-state index contributed by atoms with van der Waals surface area (Å²) in [6, 6.07) is 0. The number of rotatable bonds is 2. The van der Waals surface area contributed by atoms with Gasteiger partial charge in [-0.1, -0.05) is 27.2 Å². The predicted octanol–water partition coefficient (Wildman–Crippen LogP) is 1.89. The van der Waals surface area contributed by atoms with Crippen LogP contribution in [-0.2, 0) is 12.5 Å². The van der Waals surface area contributed by atoms with Crippen LogP contribution in [0.4, 0.5) is 0 Å². The van der Waals surface area contributed by atoms with E-state index in [1.165, 1.54) is 6.42 Å². The fraction of sp³-hybridized carbons (Fsp3) is 0.846. The van der Waals surface area contributed by atoms with E-state index in [-0.39, 0.29) is 17.4 Å². The van der Waals surface area contributed by atoms with Crippen molar-refractivity contribution in [2.24, 2.45) is 18.9 Å². The van der Waals surface area contributed by atoms with Crippen LogP contribution in [-0.4, -0.2) is 26.0 Å². The number of aryl methyl sites for hydroxylation is 1. The van der Waals surface area contributed by atoms with Crippen LogP contribution in [0, 0.1) is 11.8 Å². The van der Waals surface area contributed by atoms with Crippen molar-refractivity contribution in [3.63, 3.8) is 0 Å². The van der Waals surface area contributed by atoms with Crippen LogP contribution in [0.2, 0.25) is 0 Å². The van der Waals surface area contributed by atoms with Crippen LogP contribution in [0.3, 0.4) is 0 Å². The molecule has 0 radical (unpaired) electrons. The summed E-state index contributed by atoms with van der Waals surface area (Å²) in [5.74, 6) is 1.88. The molecule has 3 atom stereocenters. The summed E-state index contributed by atoms with van der Waals surface area (Å²) in [5, 5.41) is 14.4. The zero-order valence-electron chi connectivity index (χ0n) is 11.2. The Morgan fingerprint density at radius 3 is 2.65 bits per heavy atom. The third-order valence-electron chi connectivity index (χ3n) is 4.29. The van der Waals surface area contributed by atoms with Gasteiger partial charge in [-0.15, -0.1) is 0 Å². The molecular weight excluding hydrogens is 214 g/mol. The first-order valence-corrected chi connectivity index (χ1v) is 6.45. The third-order valence-corrected chi connectivity index (χ3v) is 4.29. The van der Waals surface area contributed by atoms with Crippen molar-refractivity contribution >= 4 is 0 Å². The van der Waals surface area contributed by atoms with E-state index < -0.39 is 0 Å². The number of aliphatic hydroxyl groups excluding tert-OH is 1. The zero-order chi connectivity index (χ0) is 12.6. The molecule has 0 spiro atoms. The van der Waals surface area contributed by atoms with Gasteiger partial charge < -0.3 is 5.11 Å². The Bertz CT molecular complexity index is 386. The minimum atomic E-state index is -0.217. The van der Waals surface area contributed by atoms with Crippen LogP contribution in [0.25, 0.3) is 0 Å². The molecule has 1 aliphatic carbocycles. The van der Waals surface area contributed by atoms with E-state index in [0.717, 1.165) is 18.7 Å². The lowest BCUT2D eigenvalue weighted by Gasteiger charge is -2.41. The molecule has 0 saturated heterocycles. The molecule has 3 unspecified atom stereocenters. The van der Waals surface area contributed by atoms with Crippen LogP contribution in [0.1, 0.15) is 45.9 Å². The number of hydrogen-bond donors (Lipinski definition) is 1. The molecular formula is C13H23N3O. The highest BCUT2D eigenvalue weighted by molar-refractivity contribution is 5.08. The molecule has 0 amide bonds. The highest BCUT2D eigenvalue weighted by Gasteiger charge is 2.41. The van der Waals surface area contributed by atoms with Crippen molar-refractivity contribution in [1.82, 2.24) is 14.8 Å². The number of aliphatic hydroxyl groups is 1. The van der Waals surface area contributed by atoms with Gasteiger partial charge in [0.15, 0.2) is 0 Å². The maximum absolute atomic E-state index is 10.3. The summed E-state index contributed by atoms with van der Waals surface area (Å²) in [6.45, 7) is 6.55. The molecule has 1 saturated carbocycles. The van der Waals surface area contributed by atoms with E-state index in [4.69, 9.17) is 0 Å². The first-order chi connectivity index (χ1) is 7.93. The lowest BCUT2D eigenvalue weighted by Crippen LogP contribution is -2.42. The topological polar surface area (TPSA) is 50.9 Å². The van der Waals surface area contributed by atoms with Gasteiger partial charge in [0.2, 0.25) is 0 Å². The molecule has 2 rings (SSSR count). The van der Waals surface area contributed by atoms with Crippen molar-refractivity contribution < 1.29 is 5.11 Å². The maximum Gasteiger partial charge on any atom is 0.138 e. The zero-order valence-corrected chi connectivity index (χ0v) is 11.2. The Labute approximate surface area is 103 Å². The van der Waals surface area contributed by atoms with Gasteiger partial charge in [-0.05, 0) is 24.7 Å². The molecule has 1 N–H and O–H groups in total. The van der Waals surface area contributed by atoms with Crippen LogP contribution in [0.15, 0.2) is 6.33 Å². The molecule has 0 aliphatic heterocycles. The molecule has 17 heavy (non-hydrogen) atoms. The number of aromatic nitrogens is 3. The Hall–Kier alpha value is -0.900. The van der Waals surface area contributed by atoms with Crippen molar-refractivity contribution in [3.05, 3.63) is 12.2 Å². The number of hydrogen-bond acceptors (Lipinski definition) is 3. The molecule has 4 nitrogen and oxygen atoms in total. The van der Waals surface area contributed by atoms with Crippen LogP contribution in [0.5, 0.6) is 0 Å². The molecule has 96 valence electrons. The fourth-order valence-electron chi connectivity index (χ4n) is 3.24. The molecule has 4 heteroatoms. The van der Waals surface area contributed by atoms with Gasteiger partial charge in [0.25, 0.3) is 0 Å². The SMILES string of the molecule is CC1CCC(C(C)(C)c2ncnn2C)C(O)C1. The average molecular weight is 237 g/mol. The van der Waals surface area contributed by atoms with E-state index in [2.05, 4.69) is 30.9 Å². The molecule has 1 aromatic heterocycles. The monoisotopic (exact) mass is 237 g/mol. The first-order valence-electron chi connectivity index (χ1n) is 6.45. The standard InChI is InChI=1S/C13H23N3O/c1-9-5-6-10(11(17)7-9)13(2,3)12-14-8-15-16(12)4/h8-11,17H,5-7H2,1-4H3. The minimum absolute atomic E-state index is 0.120. The van der Waals surface area contributed by atoms with Gasteiger partial charge in [-0.3, -0.25) is 4.68 Å². The van der Waals surface area contributed by atoms with E-state index in [1.807, 2.05) is 11.7 Å². The molecule has 1 fully saturated rings. The van der Waals surface area contributed by atoms with Crippen LogP contribution >= 0.6 is 0 Å². The highest BCUT2D eigenvalue weighted by atomic mass is 16.3. The summed E-state index contributed by atoms with van der Waals surface area (Å²) in [7, 11) is 1.92. The van der Waals surface area contributed by atoms with Gasteiger partial charge in [-0.25, -0.2) is 4.98 Å². The second kappa shape index (κ2) is 4.41. The Kier molecular flexibility index (Phi) is 3.25. The largest absolute Gasteiger partial charge is 0.393 e. The Morgan fingerprint density at radius 2 is 2.12 bits per heavy atom. The molecule has 1 aliphatic rings. The molecule has 1 aromatic rings. The summed E-state index contributed by atoms with van der Waals surface area (Å²) in [6.07, 6.45) is 4.55. The maximum atomic E-state index is 10.3. The Balaban J connectivity index is 2.24. The van der Waals surface area contributed by atoms with E-state index in [0.29, 0.717) is 5.92 Å². The summed E-state index contributed by atoms with van der Waals surface area (Å²) in [4.78, 5) is 4.36. The smallest absolute Gasteiger partial charge is 0.138 e. The lowest BCUT2D eigenvalue weighted by molar-refractivity contribution is 0.0112. The van der Waals surface area contributed by atoms with Crippen molar-refractivity contribution in [2.75, 3.05) is 0 Å². The van der Waals surface area contributed by atoms with Crippen molar-refractivity contribution in [1.29, 1.82) is 0 Å². The van der Waals surface area contributed by atoms with E-state index in [1.54, 1.807) is 6.33 Å². The van der Waals surface area contributed by atoms with Gasteiger partial charge in [-0.2, -0.15) is 5.10 Å². The van der Waals surface area contributed by atoms with Gasteiger partial charge in [0.1, 0.15) is 12.2 Å². The fourth-order valence-corrected chi connectivity index (χ4v) is 3.24. The summed E-state index contributed by atoms with van der Waals surface area (Å²) in [5.41, 5.74) is -0.120. The van der Waals surface area contributed by atoms with Crippen molar-refractivity contribution in [2.45, 2.75) is 51.6 Å². The van der Waals surface area contributed by atoms with E-state index in [9.17, 15) is 5.11 Å². The second-order valence-corrected chi connectivity index (χ2v) is 6.02. The van der Waals surface area contributed by atoms with Gasteiger partial charge >= 0.3 is 0 Å².